The first-order chi connectivity index (χ1) is 10.7. The second kappa shape index (κ2) is 7.42. The van der Waals surface area contributed by atoms with Crippen molar-refractivity contribution in [3.8, 4) is 5.75 Å². The van der Waals surface area contributed by atoms with Crippen LogP contribution in [0.4, 0.5) is 0 Å². The molecule has 0 bridgehead atoms. The van der Waals surface area contributed by atoms with Gasteiger partial charge in [0.2, 0.25) is 0 Å². The lowest BCUT2D eigenvalue weighted by Crippen LogP contribution is -2.30. The minimum atomic E-state index is -0.617. The Hall–Kier alpha value is -1.10. The van der Waals surface area contributed by atoms with Gasteiger partial charge in [-0.25, -0.2) is 9.78 Å². The molecular formula is C20H34O4. The van der Waals surface area contributed by atoms with Crippen molar-refractivity contribution in [2.24, 2.45) is 0 Å². The highest BCUT2D eigenvalue weighted by molar-refractivity contribution is 5.40. The minimum absolute atomic E-state index is 0.357. The van der Waals surface area contributed by atoms with Crippen molar-refractivity contribution in [2.45, 2.75) is 92.0 Å². The van der Waals surface area contributed by atoms with Gasteiger partial charge in [-0.3, -0.25) is 0 Å². The van der Waals surface area contributed by atoms with Gasteiger partial charge in [0.05, 0.1) is 5.60 Å². The van der Waals surface area contributed by atoms with E-state index in [0.29, 0.717) is 11.7 Å². The van der Waals surface area contributed by atoms with E-state index in [1.807, 2.05) is 67.5 Å². The van der Waals surface area contributed by atoms with Crippen LogP contribution in [-0.2, 0) is 20.3 Å². The Morgan fingerprint density at radius 3 is 1.75 bits per heavy atom. The molecule has 0 unspecified atom stereocenters. The smallest absolute Gasteiger partial charge is 0.165 e. The number of benzene rings is 1. The summed E-state index contributed by atoms with van der Waals surface area (Å²) >= 11 is 0. The predicted octanol–water partition coefficient (Wildman–Crippen LogP) is 5.90. The lowest BCUT2D eigenvalue weighted by molar-refractivity contribution is -0.402. The summed E-state index contributed by atoms with van der Waals surface area (Å²) in [5.74, 6) is 1.01. The van der Waals surface area contributed by atoms with Gasteiger partial charge in [0.15, 0.2) is 5.75 Å². The van der Waals surface area contributed by atoms with Crippen LogP contribution in [0.2, 0.25) is 0 Å². The maximum atomic E-state index is 5.77. The molecule has 4 nitrogen and oxygen atoms in total. The van der Waals surface area contributed by atoms with Crippen LogP contribution < -0.4 is 4.89 Å². The molecule has 138 valence electrons. The molecular weight excluding hydrogens is 304 g/mol. The number of hydrogen-bond donors (Lipinski definition) is 0. The van der Waals surface area contributed by atoms with Gasteiger partial charge >= 0.3 is 0 Å². The molecule has 0 amide bonds. The molecule has 1 rings (SSSR count). The van der Waals surface area contributed by atoms with Crippen molar-refractivity contribution in [1.29, 1.82) is 0 Å². The maximum absolute atomic E-state index is 5.77. The first-order valence-electron chi connectivity index (χ1n) is 8.58. The summed E-state index contributed by atoms with van der Waals surface area (Å²) in [7, 11) is 0. The van der Waals surface area contributed by atoms with Gasteiger partial charge in [-0.05, 0) is 84.6 Å². The van der Waals surface area contributed by atoms with Crippen LogP contribution >= 0.6 is 0 Å². The van der Waals surface area contributed by atoms with Crippen LogP contribution in [0.25, 0.3) is 0 Å². The summed E-state index contributed by atoms with van der Waals surface area (Å²) in [6.45, 7) is 20.0. The van der Waals surface area contributed by atoms with Gasteiger partial charge < -0.3 is 4.89 Å². The van der Waals surface area contributed by atoms with Crippen LogP contribution in [0.3, 0.4) is 0 Å². The molecule has 0 aliphatic heterocycles. The zero-order valence-electron chi connectivity index (χ0n) is 16.9. The van der Waals surface area contributed by atoms with Gasteiger partial charge in [0, 0.05) is 0 Å². The van der Waals surface area contributed by atoms with Gasteiger partial charge in [0.25, 0.3) is 0 Å². The van der Waals surface area contributed by atoms with Gasteiger partial charge in [0.1, 0.15) is 11.2 Å². The Balaban J connectivity index is 3.12. The predicted molar refractivity (Wildman–Crippen MR) is 96.9 cm³/mol. The third-order valence-corrected chi connectivity index (χ3v) is 3.18. The first-order valence-corrected chi connectivity index (χ1v) is 8.58. The molecule has 0 radical (unpaired) electrons. The fourth-order valence-corrected chi connectivity index (χ4v) is 2.06. The summed E-state index contributed by atoms with van der Waals surface area (Å²) in [5, 5.41) is 0. The van der Waals surface area contributed by atoms with Crippen molar-refractivity contribution >= 4 is 0 Å². The molecule has 0 N–H and O–H groups in total. The maximum Gasteiger partial charge on any atom is 0.165 e. The van der Waals surface area contributed by atoms with Crippen molar-refractivity contribution in [3.05, 3.63) is 29.3 Å². The van der Waals surface area contributed by atoms with Crippen molar-refractivity contribution in [2.75, 3.05) is 0 Å². The van der Waals surface area contributed by atoms with E-state index in [2.05, 4.69) is 19.9 Å². The van der Waals surface area contributed by atoms with Crippen molar-refractivity contribution in [1.82, 2.24) is 0 Å². The summed E-state index contributed by atoms with van der Waals surface area (Å²) in [6.07, 6.45) is 0. The van der Waals surface area contributed by atoms with E-state index in [1.165, 1.54) is 5.56 Å². The Kier molecular flexibility index (Phi) is 6.48. The quantitative estimate of drug-likeness (QED) is 0.478. The highest BCUT2D eigenvalue weighted by atomic mass is 17.2. The highest BCUT2D eigenvalue weighted by Gasteiger charge is 2.30. The molecule has 0 aromatic heterocycles. The van der Waals surface area contributed by atoms with E-state index >= 15 is 0 Å². The Morgan fingerprint density at radius 1 is 0.750 bits per heavy atom. The molecule has 0 aliphatic carbocycles. The van der Waals surface area contributed by atoms with Crippen LogP contribution in [0.1, 0.15) is 86.3 Å². The van der Waals surface area contributed by atoms with Gasteiger partial charge in [-0.1, -0.05) is 19.9 Å². The first kappa shape index (κ1) is 20.9. The van der Waals surface area contributed by atoms with Crippen LogP contribution in [0.5, 0.6) is 5.75 Å². The van der Waals surface area contributed by atoms with Crippen LogP contribution in [0.15, 0.2) is 18.2 Å². The zero-order valence-corrected chi connectivity index (χ0v) is 16.9. The van der Waals surface area contributed by atoms with E-state index in [9.17, 15) is 0 Å². The molecule has 0 heterocycles. The van der Waals surface area contributed by atoms with E-state index in [4.69, 9.17) is 19.6 Å². The second-order valence-electron chi connectivity index (χ2n) is 8.97. The monoisotopic (exact) mass is 338 g/mol. The molecule has 0 fully saturated rings. The molecule has 4 heteroatoms. The fourth-order valence-electron chi connectivity index (χ4n) is 2.06. The number of rotatable bonds is 6. The van der Waals surface area contributed by atoms with E-state index in [1.54, 1.807) is 0 Å². The fraction of sp³-hybridized carbons (Fsp3) is 0.700. The van der Waals surface area contributed by atoms with Crippen molar-refractivity contribution < 1.29 is 19.6 Å². The average Bonchev–Trinajstić information content (AvgIpc) is 2.41. The summed E-state index contributed by atoms with van der Waals surface area (Å²) in [6, 6.07) is 5.95. The molecule has 0 aliphatic rings. The van der Waals surface area contributed by atoms with Crippen LogP contribution in [0, 0.1) is 0 Å². The summed E-state index contributed by atoms with van der Waals surface area (Å²) < 4.78 is 0. The molecule has 0 saturated heterocycles. The Bertz CT molecular complexity index is 534. The molecule has 0 saturated carbocycles. The zero-order chi connectivity index (χ0) is 18.8. The van der Waals surface area contributed by atoms with Gasteiger partial charge in [-0.2, -0.15) is 4.89 Å². The van der Waals surface area contributed by atoms with E-state index < -0.39 is 5.60 Å². The summed E-state index contributed by atoms with van der Waals surface area (Å²) in [5.41, 5.74) is 0.850. The molecule has 1 aromatic rings. The number of hydrogen-bond acceptors (Lipinski definition) is 4. The SMILES string of the molecule is CC(C)c1ccc(OOC(C)(C)C)cc1C(C)(C)OOC(C)(C)C. The topological polar surface area (TPSA) is 36.9 Å². The highest BCUT2D eigenvalue weighted by Crippen LogP contribution is 2.36. The third-order valence-electron chi connectivity index (χ3n) is 3.18. The third kappa shape index (κ3) is 6.80. The molecule has 0 atom stereocenters. The standard InChI is InChI=1S/C20H34O4/c1-14(2)16-12-11-15(21-22-18(3,4)5)13-17(16)20(9,10)24-23-19(6,7)8/h11-14H,1-10H3. The Morgan fingerprint density at radius 2 is 1.29 bits per heavy atom. The second-order valence-corrected chi connectivity index (χ2v) is 8.97. The Labute approximate surface area is 147 Å². The average molecular weight is 338 g/mol. The minimum Gasteiger partial charge on any atom is -0.337 e. The van der Waals surface area contributed by atoms with Crippen molar-refractivity contribution in [3.63, 3.8) is 0 Å². The lowest BCUT2D eigenvalue weighted by atomic mass is 9.88. The normalized spacial score (nSPS) is 13.5. The lowest BCUT2D eigenvalue weighted by Gasteiger charge is -2.31. The molecule has 24 heavy (non-hydrogen) atoms. The largest absolute Gasteiger partial charge is 0.337 e. The van der Waals surface area contributed by atoms with Crippen LogP contribution in [-0.4, -0.2) is 11.2 Å². The molecule has 1 aromatic carbocycles. The van der Waals surface area contributed by atoms with E-state index in [0.717, 1.165) is 5.56 Å². The van der Waals surface area contributed by atoms with Gasteiger partial charge in [-0.15, -0.1) is 0 Å². The molecule has 0 spiro atoms. The summed E-state index contributed by atoms with van der Waals surface area (Å²) in [4.78, 5) is 22.3. The van der Waals surface area contributed by atoms with E-state index in [-0.39, 0.29) is 11.2 Å².